The van der Waals surface area contributed by atoms with Crippen molar-refractivity contribution >= 4 is 0 Å². The van der Waals surface area contributed by atoms with Gasteiger partial charge in [0, 0.05) is 0 Å². The van der Waals surface area contributed by atoms with Gasteiger partial charge in [-0.05, 0) is 44.0 Å². The molecule has 0 spiro atoms. The van der Waals surface area contributed by atoms with Gasteiger partial charge in [-0.1, -0.05) is 37.3 Å². The summed E-state index contributed by atoms with van der Waals surface area (Å²) in [4.78, 5) is 2.54. The molecule has 0 aliphatic carbocycles. The van der Waals surface area contributed by atoms with E-state index in [1.165, 1.54) is 38.0 Å². The molecule has 1 aromatic carbocycles. The van der Waals surface area contributed by atoms with Crippen LogP contribution in [0.3, 0.4) is 0 Å². The van der Waals surface area contributed by atoms with Crippen LogP contribution in [0.25, 0.3) is 0 Å². The van der Waals surface area contributed by atoms with E-state index in [4.69, 9.17) is 0 Å². The average molecular weight is 189 g/mol. The number of rotatable bonds is 2. The van der Waals surface area contributed by atoms with Gasteiger partial charge < -0.3 is 4.90 Å². The number of hydrogen-bond acceptors (Lipinski definition) is 1. The summed E-state index contributed by atoms with van der Waals surface area (Å²) in [5.74, 6) is 0.805. The van der Waals surface area contributed by atoms with Crippen LogP contribution in [0.4, 0.5) is 0 Å². The predicted octanol–water partition coefficient (Wildman–Crippen LogP) is 2.89. The Hall–Kier alpha value is -0.820. The molecule has 14 heavy (non-hydrogen) atoms. The Morgan fingerprint density at radius 3 is 2.36 bits per heavy atom. The first kappa shape index (κ1) is 9.72. The number of benzene rings is 1. The molecule has 2 rings (SSSR count). The smallest absolute Gasteiger partial charge is 0.00130 e. The molecule has 0 saturated carbocycles. The van der Waals surface area contributed by atoms with Crippen LogP contribution in [-0.2, 0) is 0 Å². The number of nitrogens with zero attached hydrogens (tertiary/aromatic N) is 1. The number of likely N-dealkylation sites (tertiary alicyclic amines) is 1. The van der Waals surface area contributed by atoms with Crippen LogP contribution in [-0.4, -0.2) is 24.5 Å². The minimum absolute atomic E-state index is 0.805. The van der Waals surface area contributed by atoms with Gasteiger partial charge >= 0.3 is 0 Å². The number of piperidine rings is 1. The van der Waals surface area contributed by atoms with Crippen molar-refractivity contribution in [2.45, 2.75) is 25.7 Å². The molecule has 0 N–H and O–H groups in total. The predicted molar refractivity (Wildman–Crippen MR) is 60.5 cm³/mol. The second kappa shape index (κ2) is 4.61. The lowest BCUT2D eigenvalue weighted by molar-refractivity contribution is 0.222. The van der Waals surface area contributed by atoms with Crippen molar-refractivity contribution in [3.05, 3.63) is 35.9 Å². The minimum atomic E-state index is 0.805. The summed E-state index contributed by atoms with van der Waals surface area (Å²) in [6, 6.07) is 11.0. The highest BCUT2D eigenvalue weighted by Crippen LogP contribution is 2.27. The van der Waals surface area contributed by atoms with Crippen LogP contribution in [0, 0.1) is 0 Å². The fraction of sp³-hybridized carbons (Fsp3) is 0.538. The molecule has 1 heteroatoms. The SMILES string of the molecule is CCN1CCC(c2ccccc2)CC1. The van der Waals surface area contributed by atoms with Gasteiger partial charge in [0.1, 0.15) is 0 Å². The third-order valence-electron chi connectivity index (χ3n) is 3.31. The second-order valence-corrected chi connectivity index (χ2v) is 4.12. The molecule has 1 aliphatic rings. The summed E-state index contributed by atoms with van der Waals surface area (Å²) in [5, 5.41) is 0. The lowest BCUT2D eigenvalue weighted by atomic mass is 9.89. The maximum atomic E-state index is 2.54. The summed E-state index contributed by atoms with van der Waals surface area (Å²) in [6.07, 6.45) is 2.66. The van der Waals surface area contributed by atoms with E-state index in [1.807, 2.05) is 0 Å². The molecule has 0 aromatic heterocycles. The monoisotopic (exact) mass is 189 g/mol. The van der Waals surface area contributed by atoms with Gasteiger partial charge in [-0.2, -0.15) is 0 Å². The van der Waals surface area contributed by atoms with Crippen molar-refractivity contribution in [1.82, 2.24) is 4.90 Å². The van der Waals surface area contributed by atoms with Crippen LogP contribution >= 0.6 is 0 Å². The van der Waals surface area contributed by atoms with E-state index >= 15 is 0 Å². The molecule has 1 fully saturated rings. The molecule has 1 aliphatic heterocycles. The third-order valence-corrected chi connectivity index (χ3v) is 3.31. The highest BCUT2D eigenvalue weighted by molar-refractivity contribution is 5.19. The summed E-state index contributed by atoms with van der Waals surface area (Å²) in [5.41, 5.74) is 1.53. The van der Waals surface area contributed by atoms with Gasteiger partial charge in [0.15, 0.2) is 0 Å². The normalized spacial score (nSPS) is 19.8. The van der Waals surface area contributed by atoms with Gasteiger partial charge in [0.2, 0.25) is 0 Å². The molecule has 0 bridgehead atoms. The quantitative estimate of drug-likeness (QED) is 0.691. The van der Waals surface area contributed by atoms with Gasteiger partial charge in [-0.3, -0.25) is 0 Å². The molecule has 0 radical (unpaired) electrons. The maximum Gasteiger partial charge on any atom is -0.00130 e. The fourth-order valence-corrected chi connectivity index (χ4v) is 2.31. The molecule has 76 valence electrons. The van der Waals surface area contributed by atoms with Gasteiger partial charge in [0.25, 0.3) is 0 Å². The zero-order chi connectivity index (χ0) is 9.80. The third kappa shape index (κ3) is 2.16. The Kier molecular flexibility index (Phi) is 3.20. The Morgan fingerprint density at radius 1 is 1.14 bits per heavy atom. The minimum Gasteiger partial charge on any atom is -0.304 e. The second-order valence-electron chi connectivity index (χ2n) is 4.12. The van der Waals surface area contributed by atoms with Crippen molar-refractivity contribution < 1.29 is 0 Å². The van der Waals surface area contributed by atoms with Crippen molar-refractivity contribution in [3.63, 3.8) is 0 Å². The van der Waals surface area contributed by atoms with Crippen LogP contribution in [0.1, 0.15) is 31.2 Å². The van der Waals surface area contributed by atoms with Crippen molar-refractivity contribution in [1.29, 1.82) is 0 Å². The van der Waals surface area contributed by atoms with Crippen LogP contribution in [0.2, 0.25) is 0 Å². The van der Waals surface area contributed by atoms with Crippen LogP contribution in [0.15, 0.2) is 30.3 Å². The Morgan fingerprint density at radius 2 is 1.79 bits per heavy atom. The Labute approximate surface area is 86.7 Å². The van der Waals surface area contributed by atoms with E-state index in [1.54, 1.807) is 0 Å². The summed E-state index contributed by atoms with van der Waals surface area (Å²) < 4.78 is 0. The van der Waals surface area contributed by atoms with Crippen LogP contribution in [0.5, 0.6) is 0 Å². The van der Waals surface area contributed by atoms with E-state index in [0.717, 1.165) is 5.92 Å². The summed E-state index contributed by atoms with van der Waals surface area (Å²) in [6.45, 7) is 6.01. The molecular formula is C13H19N. The topological polar surface area (TPSA) is 3.24 Å². The highest BCUT2D eigenvalue weighted by Gasteiger charge is 2.18. The maximum absolute atomic E-state index is 2.54. The first-order chi connectivity index (χ1) is 6.90. The standard InChI is InChI=1S/C13H19N/c1-2-14-10-8-13(9-11-14)12-6-4-3-5-7-12/h3-7,13H,2,8-11H2,1H3. The van der Waals surface area contributed by atoms with E-state index in [9.17, 15) is 0 Å². The number of hydrogen-bond donors (Lipinski definition) is 0. The zero-order valence-electron chi connectivity index (χ0n) is 8.95. The first-order valence-corrected chi connectivity index (χ1v) is 5.67. The lowest BCUT2D eigenvalue weighted by Gasteiger charge is -2.31. The molecular weight excluding hydrogens is 170 g/mol. The fourth-order valence-electron chi connectivity index (χ4n) is 2.31. The van der Waals surface area contributed by atoms with Gasteiger partial charge in [0.05, 0.1) is 0 Å². The van der Waals surface area contributed by atoms with Crippen molar-refractivity contribution in [3.8, 4) is 0 Å². The summed E-state index contributed by atoms with van der Waals surface area (Å²) in [7, 11) is 0. The Balaban J connectivity index is 1.96. The van der Waals surface area contributed by atoms with E-state index in [-0.39, 0.29) is 0 Å². The zero-order valence-corrected chi connectivity index (χ0v) is 8.95. The molecule has 1 heterocycles. The Bertz CT molecular complexity index is 260. The highest BCUT2D eigenvalue weighted by atomic mass is 15.1. The van der Waals surface area contributed by atoms with Gasteiger partial charge in [-0.25, -0.2) is 0 Å². The first-order valence-electron chi connectivity index (χ1n) is 5.67. The van der Waals surface area contributed by atoms with E-state index in [0.29, 0.717) is 0 Å². The van der Waals surface area contributed by atoms with Gasteiger partial charge in [-0.15, -0.1) is 0 Å². The molecule has 0 unspecified atom stereocenters. The largest absolute Gasteiger partial charge is 0.304 e. The average Bonchev–Trinajstić information content (AvgIpc) is 2.30. The summed E-state index contributed by atoms with van der Waals surface area (Å²) >= 11 is 0. The molecule has 1 nitrogen and oxygen atoms in total. The van der Waals surface area contributed by atoms with E-state index < -0.39 is 0 Å². The molecule has 1 saturated heterocycles. The molecule has 1 aromatic rings. The molecule has 0 amide bonds. The lowest BCUT2D eigenvalue weighted by Crippen LogP contribution is -2.32. The van der Waals surface area contributed by atoms with Crippen molar-refractivity contribution in [2.24, 2.45) is 0 Å². The van der Waals surface area contributed by atoms with Crippen molar-refractivity contribution in [2.75, 3.05) is 19.6 Å². The van der Waals surface area contributed by atoms with E-state index in [2.05, 4.69) is 42.2 Å². The molecule has 0 atom stereocenters. The van der Waals surface area contributed by atoms with Crippen LogP contribution < -0.4 is 0 Å².